The Balaban J connectivity index is 1.57. The van der Waals surface area contributed by atoms with E-state index in [-0.39, 0.29) is 28.4 Å². The topological polar surface area (TPSA) is 249 Å². The second-order valence-corrected chi connectivity index (χ2v) is 9.64. The van der Waals surface area contributed by atoms with Gasteiger partial charge in [0.2, 0.25) is 23.8 Å². The van der Waals surface area contributed by atoms with Gasteiger partial charge >= 0.3 is 0 Å². The molecule has 0 radical (unpaired) electrons. The van der Waals surface area contributed by atoms with E-state index in [1.54, 1.807) is 0 Å². The first-order valence-electron chi connectivity index (χ1n) is 12.4. The number of hydrogen-bond donors (Lipinski definition) is 9. The van der Waals surface area contributed by atoms with Crippen LogP contribution in [0.1, 0.15) is 0 Å². The van der Waals surface area contributed by atoms with Crippen LogP contribution in [0.25, 0.3) is 22.3 Å². The highest BCUT2D eigenvalue weighted by Crippen LogP contribution is 2.38. The lowest BCUT2D eigenvalue weighted by Crippen LogP contribution is -2.60. The highest BCUT2D eigenvalue weighted by atomic mass is 16.7. The molecule has 2 fully saturated rings. The zero-order valence-electron chi connectivity index (χ0n) is 21.0. The van der Waals surface area contributed by atoms with Gasteiger partial charge in [-0.3, -0.25) is 4.79 Å². The van der Waals surface area contributed by atoms with Crippen molar-refractivity contribution in [3.8, 4) is 34.3 Å². The van der Waals surface area contributed by atoms with Crippen molar-refractivity contribution in [3.05, 3.63) is 46.6 Å². The zero-order chi connectivity index (χ0) is 29.6. The molecule has 0 amide bonds. The molecule has 3 heterocycles. The molecule has 9 N–H and O–H groups in total. The molecule has 3 aromatic rings. The van der Waals surface area contributed by atoms with Gasteiger partial charge in [-0.25, -0.2) is 0 Å². The maximum absolute atomic E-state index is 13.6. The van der Waals surface area contributed by atoms with Crippen LogP contribution in [0.3, 0.4) is 0 Å². The Hall–Kier alpha value is -3.51. The molecule has 2 saturated heterocycles. The number of benzene rings is 2. The first-order chi connectivity index (χ1) is 19.5. The molecular formula is C26H28O15. The van der Waals surface area contributed by atoms with Gasteiger partial charge in [0.05, 0.1) is 13.2 Å². The van der Waals surface area contributed by atoms with Crippen LogP contribution in [-0.2, 0) is 9.47 Å². The summed E-state index contributed by atoms with van der Waals surface area (Å²) in [5, 5.41) is 89.9. The van der Waals surface area contributed by atoms with E-state index in [0.717, 1.165) is 12.1 Å². The van der Waals surface area contributed by atoms with Crippen molar-refractivity contribution < 1.29 is 69.3 Å². The molecule has 4 unspecified atom stereocenters. The molecule has 2 aromatic carbocycles. The van der Waals surface area contributed by atoms with E-state index >= 15 is 0 Å². The van der Waals surface area contributed by atoms with Crippen LogP contribution in [0.4, 0.5) is 0 Å². The molecule has 0 spiro atoms. The van der Waals surface area contributed by atoms with E-state index in [9.17, 15) is 50.8 Å². The molecule has 2 aliphatic rings. The third kappa shape index (κ3) is 5.42. The molecule has 1 aromatic heterocycles. The van der Waals surface area contributed by atoms with Crippen LogP contribution in [0.15, 0.2) is 45.6 Å². The van der Waals surface area contributed by atoms with Crippen molar-refractivity contribution in [1.29, 1.82) is 0 Å². The predicted octanol–water partition coefficient (Wildman–Crippen LogP) is -2.13. The quantitative estimate of drug-likeness (QED) is 0.151. The van der Waals surface area contributed by atoms with Crippen molar-refractivity contribution >= 4 is 11.0 Å². The number of aliphatic hydroxyl groups is 7. The van der Waals surface area contributed by atoms with Crippen molar-refractivity contribution in [2.75, 3.05) is 13.2 Å². The van der Waals surface area contributed by atoms with E-state index in [0.29, 0.717) is 0 Å². The fraction of sp³-hybridized carbons (Fsp3) is 0.423. The van der Waals surface area contributed by atoms with Crippen LogP contribution in [0.2, 0.25) is 0 Å². The second-order valence-electron chi connectivity index (χ2n) is 9.64. The summed E-state index contributed by atoms with van der Waals surface area (Å²) in [6.07, 6.45) is -14.4. The average Bonchev–Trinajstić information content (AvgIpc) is 2.95. The standard InChI is InChI=1S/C26H28O15/c27-7-15-18(32)20(34)22(36)26(40-15)38-11-5-12(29)16-14(6-11)39-23(9-1-3-10(28)4-2-9)24(19(16)33)41-25-21(35)17(31)13(30)8-37-25/h1-6,13,15,17-18,20-22,25-32,34-36H,7-8H2/t13-,15?,17?,18-,20+,21?,22?,25+,26-/m1/s1. The van der Waals surface area contributed by atoms with Gasteiger partial charge in [-0.2, -0.15) is 0 Å². The van der Waals surface area contributed by atoms with Gasteiger partial charge in [-0.15, -0.1) is 0 Å². The van der Waals surface area contributed by atoms with Crippen LogP contribution >= 0.6 is 0 Å². The highest BCUT2D eigenvalue weighted by Gasteiger charge is 2.45. The largest absolute Gasteiger partial charge is 0.508 e. The van der Waals surface area contributed by atoms with Crippen LogP contribution in [-0.4, -0.2) is 114 Å². The number of rotatable bonds is 6. The second kappa shape index (κ2) is 11.4. The van der Waals surface area contributed by atoms with Crippen molar-refractivity contribution in [1.82, 2.24) is 0 Å². The van der Waals surface area contributed by atoms with Crippen molar-refractivity contribution in [2.24, 2.45) is 0 Å². The third-order valence-electron chi connectivity index (χ3n) is 6.82. The van der Waals surface area contributed by atoms with Crippen molar-refractivity contribution in [3.63, 3.8) is 0 Å². The highest BCUT2D eigenvalue weighted by molar-refractivity contribution is 5.88. The monoisotopic (exact) mass is 580 g/mol. The lowest BCUT2D eigenvalue weighted by Gasteiger charge is -2.39. The first kappa shape index (κ1) is 29.0. The number of hydrogen-bond acceptors (Lipinski definition) is 15. The minimum Gasteiger partial charge on any atom is -0.508 e. The fourth-order valence-electron chi connectivity index (χ4n) is 4.53. The maximum atomic E-state index is 13.6. The van der Waals surface area contributed by atoms with E-state index in [1.165, 1.54) is 24.3 Å². The van der Waals surface area contributed by atoms with E-state index in [2.05, 4.69) is 0 Å². The average molecular weight is 580 g/mol. The normalized spacial score (nSPS) is 32.1. The Morgan fingerprint density at radius 1 is 0.829 bits per heavy atom. The van der Waals surface area contributed by atoms with Gasteiger partial charge in [-0.1, -0.05) is 0 Å². The van der Waals surface area contributed by atoms with Gasteiger partial charge in [0.15, 0.2) is 5.76 Å². The number of fused-ring (bicyclic) bond motifs is 1. The lowest BCUT2D eigenvalue weighted by molar-refractivity contribution is -0.277. The Labute approximate surface area is 230 Å². The van der Waals surface area contributed by atoms with Crippen LogP contribution in [0.5, 0.6) is 23.0 Å². The summed E-state index contributed by atoms with van der Waals surface area (Å²) in [6, 6.07) is 7.51. The van der Waals surface area contributed by atoms with Gasteiger partial charge in [-0.05, 0) is 24.3 Å². The van der Waals surface area contributed by atoms with Crippen LogP contribution < -0.4 is 14.9 Å². The van der Waals surface area contributed by atoms with Gasteiger partial charge in [0.1, 0.15) is 70.9 Å². The summed E-state index contributed by atoms with van der Waals surface area (Å²) >= 11 is 0. The number of ether oxygens (including phenoxy) is 4. The number of phenolic OH excluding ortho intramolecular Hbond substituents is 2. The predicted molar refractivity (Wildman–Crippen MR) is 134 cm³/mol. The minimum absolute atomic E-state index is 0.102. The minimum atomic E-state index is -1.76. The Kier molecular flexibility index (Phi) is 8.06. The molecule has 2 aliphatic heterocycles. The Bertz CT molecular complexity index is 1440. The molecule has 0 aliphatic carbocycles. The van der Waals surface area contributed by atoms with Crippen molar-refractivity contribution in [2.45, 2.75) is 55.3 Å². The number of phenols is 2. The fourth-order valence-corrected chi connectivity index (χ4v) is 4.53. The van der Waals surface area contributed by atoms with Gasteiger partial charge in [0, 0.05) is 17.7 Å². The first-order valence-corrected chi connectivity index (χ1v) is 12.4. The molecule has 0 bridgehead atoms. The summed E-state index contributed by atoms with van der Waals surface area (Å²) in [7, 11) is 0. The smallest absolute Gasteiger partial charge is 0.239 e. The molecule has 0 saturated carbocycles. The summed E-state index contributed by atoms with van der Waals surface area (Å²) in [5.41, 5.74) is -0.962. The van der Waals surface area contributed by atoms with E-state index in [4.69, 9.17) is 23.4 Å². The zero-order valence-corrected chi connectivity index (χ0v) is 21.0. The molecule has 222 valence electrons. The molecular weight excluding hydrogens is 552 g/mol. The SMILES string of the molecule is O=c1c(O[C@@H]2OC[C@@H](O)C(O)C2O)c(-c2ccc(O)cc2)oc2cc(O[C@@H]3OC(CO)[C@@H](O)[C@H](O)C3O)cc(O)c12. The number of aliphatic hydroxyl groups excluding tert-OH is 7. The summed E-state index contributed by atoms with van der Waals surface area (Å²) in [5.74, 6) is -1.73. The Morgan fingerprint density at radius 3 is 2.20 bits per heavy atom. The third-order valence-corrected chi connectivity index (χ3v) is 6.82. The summed E-state index contributed by atoms with van der Waals surface area (Å²) in [6.45, 7) is -1.11. The van der Waals surface area contributed by atoms with E-state index < -0.39 is 90.8 Å². The van der Waals surface area contributed by atoms with Crippen LogP contribution in [0, 0.1) is 0 Å². The van der Waals surface area contributed by atoms with E-state index in [1.807, 2.05) is 0 Å². The summed E-state index contributed by atoms with van der Waals surface area (Å²) < 4.78 is 27.7. The molecule has 9 atom stereocenters. The molecule has 15 nitrogen and oxygen atoms in total. The number of aromatic hydroxyl groups is 2. The molecule has 5 rings (SSSR count). The summed E-state index contributed by atoms with van der Waals surface area (Å²) in [4.78, 5) is 13.6. The Morgan fingerprint density at radius 2 is 1.51 bits per heavy atom. The van der Waals surface area contributed by atoms with Gasteiger partial charge in [0.25, 0.3) is 0 Å². The van der Waals surface area contributed by atoms with Gasteiger partial charge < -0.3 is 69.3 Å². The molecule has 15 heteroatoms. The maximum Gasteiger partial charge on any atom is 0.239 e. The molecule has 41 heavy (non-hydrogen) atoms. The lowest BCUT2D eigenvalue weighted by atomic mass is 9.99.